The molecule has 0 aliphatic rings. The zero-order chi connectivity index (χ0) is 13.9. The van der Waals surface area contributed by atoms with Crippen molar-refractivity contribution in [3.8, 4) is 0 Å². The number of carboxylic acid groups (broad SMARTS) is 1. The van der Waals surface area contributed by atoms with E-state index in [1.54, 1.807) is 27.7 Å². The van der Waals surface area contributed by atoms with Crippen molar-refractivity contribution in [2.75, 3.05) is 0 Å². The van der Waals surface area contributed by atoms with Gasteiger partial charge in [0, 0.05) is 12.1 Å². The third-order valence-electron chi connectivity index (χ3n) is 2.05. The van der Waals surface area contributed by atoms with Crippen LogP contribution in [0.2, 0.25) is 0 Å². The Labute approximate surface area is 105 Å². The number of nitrogens with one attached hydrogen (secondary N) is 1. The van der Waals surface area contributed by atoms with Gasteiger partial charge in [0.1, 0.15) is 11.4 Å². The van der Waals surface area contributed by atoms with E-state index < -0.39 is 17.7 Å². The Hall–Kier alpha value is -1.98. The minimum absolute atomic E-state index is 0.145. The lowest BCUT2D eigenvalue weighted by Crippen LogP contribution is -2.32. The van der Waals surface area contributed by atoms with Gasteiger partial charge in [-0.2, -0.15) is 0 Å². The van der Waals surface area contributed by atoms with E-state index in [1.165, 1.54) is 6.07 Å². The highest BCUT2D eigenvalue weighted by atomic mass is 16.6. The number of amides is 1. The number of rotatable bonds is 3. The second kappa shape index (κ2) is 5.12. The van der Waals surface area contributed by atoms with Crippen molar-refractivity contribution in [1.29, 1.82) is 0 Å². The van der Waals surface area contributed by atoms with E-state index in [0.29, 0.717) is 11.3 Å². The second-order valence-corrected chi connectivity index (χ2v) is 4.85. The molecule has 0 spiro atoms. The summed E-state index contributed by atoms with van der Waals surface area (Å²) in [4.78, 5) is 22.1. The van der Waals surface area contributed by atoms with Crippen LogP contribution in [0, 0.1) is 6.92 Å². The molecule has 0 unspecified atom stereocenters. The highest BCUT2D eigenvalue weighted by Crippen LogP contribution is 2.14. The van der Waals surface area contributed by atoms with Gasteiger partial charge in [-0.1, -0.05) is 0 Å². The van der Waals surface area contributed by atoms with E-state index in [-0.39, 0.29) is 12.3 Å². The van der Waals surface area contributed by atoms with Crippen molar-refractivity contribution in [2.24, 2.45) is 0 Å². The number of alkyl carbamates (subject to hydrolysis) is 1. The fraction of sp³-hybridized carbons (Fsp3) is 0.500. The summed E-state index contributed by atoms with van der Waals surface area (Å²) in [6, 6.07) is 1.38. The third-order valence-corrected chi connectivity index (χ3v) is 2.05. The lowest BCUT2D eigenvalue weighted by atomic mass is 10.2. The molecule has 0 fully saturated rings. The molecule has 0 radical (unpaired) electrons. The first-order valence-corrected chi connectivity index (χ1v) is 5.48. The van der Waals surface area contributed by atoms with Crippen molar-refractivity contribution in [3.05, 3.63) is 23.2 Å². The van der Waals surface area contributed by atoms with Crippen LogP contribution in [-0.4, -0.2) is 22.8 Å². The molecule has 0 aromatic carbocycles. The number of hydrogen-bond acceptors (Lipinski definition) is 4. The number of hydrogen-bond donors (Lipinski definition) is 2. The molecule has 1 heterocycles. The monoisotopic (exact) mass is 255 g/mol. The molecule has 1 amide bonds. The van der Waals surface area contributed by atoms with Gasteiger partial charge in [0.2, 0.25) is 5.76 Å². The Bertz CT molecular complexity index is 456. The number of ether oxygens (including phenoxy) is 1. The summed E-state index contributed by atoms with van der Waals surface area (Å²) in [6.07, 6.45) is -0.556. The Morgan fingerprint density at radius 1 is 1.44 bits per heavy atom. The average molecular weight is 255 g/mol. The molecule has 0 aliphatic heterocycles. The summed E-state index contributed by atoms with van der Waals surface area (Å²) in [6.45, 7) is 7.09. The molecule has 1 aromatic heterocycles. The SMILES string of the molecule is Cc1oc(C(=O)O)cc1CNC(=O)OC(C)(C)C. The first kappa shape index (κ1) is 14.1. The van der Waals surface area contributed by atoms with Crippen LogP contribution in [-0.2, 0) is 11.3 Å². The van der Waals surface area contributed by atoms with E-state index in [2.05, 4.69) is 5.32 Å². The second-order valence-electron chi connectivity index (χ2n) is 4.85. The third kappa shape index (κ3) is 4.12. The van der Waals surface area contributed by atoms with Crippen LogP contribution in [0.1, 0.15) is 42.6 Å². The van der Waals surface area contributed by atoms with Crippen molar-refractivity contribution < 1.29 is 23.8 Å². The van der Waals surface area contributed by atoms with Crippen LogP contribution in [0.25, 0.3) is 0 Å². The molecule has 6 nitrogen and oxygen atoms in total. The maximum atomic E-state index is 11.4. The molecule has 1 aromatic rings. The van der Waals surface area contributed by atoms with Gasteiger partial charge in [0.05, 0.1) is 0 Å². The summed E-state index contributed by atoms with van der Waals surface area (Å²) >= 11 is 0. The Morgan fingerprint density at radius 3 is 2.50 bits per heavy atom. The molecule has 0 saturated heterocycles. The average Bonchev–Trinajstić information content (AvgIpc) is 2.54. The molecule has 2 N–H and O–H groups in total. The molecular weight excluding hydrogens is 238 g/mol. The normalized spacial score (nSPS) is 11.1. The van der Waals surface area contributed by atoms with Gasteiger partial charge in [-0.05, 0) is 33.8 Å². The molecule has 6 heteroatoms. The van der Waals surface area contributed by atoms with E-state index >= 15 is 0 Å². The summed E-state index contributed by atoms with van der Waals surface area (Å²) in [5.74, 6) is -0.821. The van der Waals surface area contributed by atoms with Crippen LogP contribution >= 0.6 is 0 Å². The van der Waals surface area contributed by atoms with Gasteiger partial charge in [-0.15, -0.1) is 0 Å². The van der Waals surface area contributed by atoms with Gasteiger partial charge in [0.15, 0.2) is 0 Å². The van der Waals surface area contributed by atoms with Gasteiger partial charge in [-0.25, -0.2) is 9.59 Å². The lowest BCUT2D eigenvalue weighted by molar-refractivity contribution is 0.0522. The van der Waals surface area contributed by atoms with E-state index in [4.69, 9.17) is 14.3 Å². The quantitative estimate of drug-likeness (QED) is 0.865. The lowest BCUT2D eigenvalue weighted by Gasteiger charge is -2.19. The number of aromatic carboxylic acids is 1. The van der Waals surface area contributed by atoms with Crippen LogP contribution in [0.15, 0.2) is 10.5 Å². The van der Waals surface area contributed by atoms with Crippen LogP contribution in [0.3, 0.4) is 0 Å². The van der Waals surface area contributed by atoms with Gasteiger partial charge < -0.3 is 19.6 Å². The van der Waals surface area contributed by atoms with Gasteiger partial charge >= 0.3 is 12.1 Å². The van der Waals surface area contributed by atoms with Crippen LogP contribution in [0.4, 0.5) is 4.79 Å². The molecule has 18 heavy (non-hydrogen) atoms. The summed E-state index contributed by atoms with van der Waals surface area (Å²) in [7, 11) is 0. The summed E-state index contributed by atoms with van der Waals surface area (Å²) in [5, 5.41) is 11.3. The number of carboxylic acids is 1. The van der Waals surface area contributed by atoms with Crippen molar-refractivity contribution in [2.45, 2.75) is 39.8 Å². The Morgan fingerprint density at radius 2 is 2.06 bits per heavy atom. The predicted octanol–water partition coefficient (Wildman–Crippen LogP) is 2.31. The van der Waals surface area contributed by atoms with Gasteiger partial charge in [-0.3, -0.25) is 0 Å². The van der Waals surface area contributed by atoms with Gasteiger partial charge in [0.25, 0.3) is 0 Å². The predicted molar refractivity (Wildman–Crippen MR) is 63.5 cm³/mol. The number of carbonyl (C=O) groups is 2. The maximum Gasteiger partial charge on any atom is 0.407 e. The molecule has 0 atom stereocenters. The highest BCUT2D eigenvalue weighted by Gasteiger charge is 2.17. The minimum Gasteiger partial charge on any atom is -0.475 e. The van der Waals surface area contributed by atoms with E-state index in [0.717, 1.165) is 0 Å². The van der Waals surface area contributed by atoms with Crippen molar-refractivity contribution >= 4 is 12.1 Å². The zero-order valence-electron chi connectivity index (χ0n) is 10.9. The van der Waals surface area contributed by atoms with Crippen LogP contribution < -0.4 is 5.32 Å². The Kier molecular flexibility index (Phi) is 4.00. The minimum atomic E-state index is -1.14. The van der Waals surface area contributed by atoms with Crippen molar-refractivity contribution in [1.82, 2.24) is 5.32 Å². The standard InChI is InChI=1S/C12H17NO5/c1-7-8(5-9(17-7)10(14)15)6-13-11(16)18-12(2,3)4/h5H,6H2,1-4H3,(H,13,16)(H,14,15). The first-order chi connectivity index (χ1) is 8.19. The molecule has 0 saturated carbocycles. The highest BCUT2D eigenvalue weighted by molar-refractivity contribution is 5.84. The van der Waals surface area contributed by atoms with E-state index in [9.17, 15) is 9.59 Å². The van der Waals surface area contributed by atoms with Crippen molar-refractivity contribution in [3.63, 3.8) is 0 Å². The first-order valence-electron chi connectivity index (χ1n) is 5.48. The van der Waals surface area contributed by atoms with Crippen LogP contribution in [0.5, 0.6) is 0 Å². The fourth-order valence-electron chi connectivity index (χ4n) is 1.28. The smallest absolute Gasteiger partial charge is 0.407 e. The molecule has 1 rings (SSSR count). The molecule has 100 valence electrons. The molecule has 0 aliphatic carbocycles. The summed E-state index contributed by atoms with van der Waals surface area (Å²) in [5.41, 5.74) is 0.0418. The number of furan rings is 1. The van der Waals surface area contributed by atoms with E-state index in [1.807, 2.05) is 0 Å². The fourth-order valence-corrected chi connectivity index (χ4v) is 1.28. The molecular formula is C12H17NO5. The maximum absolute atomic E-state index is 11.4. The largest absolute Gasteiger partial charge is 0.475 e. The number of carbonyl (C=O) groups excluding carboxylic acids is 1. The zero-order valence-corrected chi connectivity index (χ0v) is 10.9. The number of aryl methyl sites for hydroxylation is 1. The Balaban J connectivity index is 2.59. The topological polar surface area (TPSA) is 88.8 Å². The summed E-state index contributed by atoms with van der Waals surface area (Å²) < 4.78 is 10.1. The molecule has 0 bridgehead atoms.